The number of fused-ring (bicyclic) bond motifs is 1. The topological polar surface area (TPSA) is 96.9 Å². The lowest BCUT2D eigenvalue weighted by molar-refractivity contribution is -0.113. The van der Waals surface area contributed by atoms with Crippen LogP contribution < -0.4 is 10.6 Å². The van der Waals surface area contributed by atoms with Crippen LogP contribution >= 0.6 is 0 Å². The minimum absolute atomic E-state index is 0.106. The number of benzene rings is 1. The molecule has 190 valence electrons. The minimum atomic E-state index is -0.240. The molecular formula is C31H29N5O2. The van der Waals surface area contributed by atoms with Crippen molar-refractivity contribution in [3.05, 3.63) is 114 Å². The normalized spacial score (nSPS) is 16.5. The van der Waals surface area contributed by atoms with E-state index in [0.717, 1.165) is 33.5 Å². The molecule has 0 aliphatic heterocycles. The van der Waals surface area contributed by atoms with Crippen molar-refractivity contribution in [3.63, 3.8) is 0 Å². The number of aromatic nitrogens is 3. The van der Waals surface area contributed by atoms with Crippen molar-refractivity contribution < 1.29 is 9.59 Å². The summed E-state index contributed by atoms with van der Waals surface area (Å²) in [6, 6.07) is 17.3. The smallest absolute Gasteiger partial charge is 0.270 e. The monoisotopic (exact) mass is 503 g/mol. The van der Waals surface area contributed by atoms with Crippen molar-refractivity contribution in [1.29, 1.82) is 0 Å². The molecule has 7 nitrogen and oxygen atoms in total. The first-order valence-corrected chi connectivity index (χ1v) is 12.7. The average molecular weight is 504 g/mol. The molecule has 0 saturated carbocycles. The minimum Gasteiger partial charge on any atom is -0.347 e. The second kappa shape index (κ2) is 11.2. The summed E-state index contributed by atoms with van der Waals surface area (Å²) in [6.07, 6.45) is 11.0. The number of nitrogens with one attached hydrogen (secondary N) is 2. The van der Waals surface area contributed by atoms with Crippen molar-refractivity contribution in [2.45, 2.75) is 32.7 Å². The summed E-state index contributed by atoms with van der Waals surface area (Å²) in [6.45, 7) is 4.79. The number of hydrogen-bond donors (Lipinski definition) is 2. The lowest BCUT2D eigenvalue weighted by Crippen LogP contribution is -2.23. The van der Waals surface area contributed by atoms with Crippen molar-refractivity contribution in [1.82, 2.24) is 20.3 Å². The molecule has 0 spiro atoms. The molecule has 1 aliphatic carbocycles. The van der Waals surface area contributed by atoms with E-state index < -0.39 is 0 Å². The Morgan fingerprint density at radius 1 is 0.842 bits per heavy atom. The van der Waals surface area contributed by atoms with Gasteiger partial charge in [0.25, 0.3) is 11.8 Å². The van der Waals surface area contributed by atoms with Gasteiger partial charge in [0.1, 0.15) is 5.69 Å². The molecule has 7 heteroatoms. The van der Waals surface area contributed by atoms with E-state index in [0.29, 0.717) is 24.6 Å². The molecule has 1 aromatic carbocycles. The van der Waals surface area contributed by atoms with Crippen LogP contribution in [-0.4, -0.2) is 26.8 Å². The standard InChI is InChI=1S/C31H29N5O2/c1-20-15-26(30(37)36-27-8-12-33-13-9-27)17-25-16-23(3-4-28(25)21(20)2)24-7-14-34-29(18-24)31(38)35-19-22-5-10-32-11-6-22/h3-14,16-18,20-21H,15,19H2,1-2H3,(H,35,38)(H,33,36,37)/t20?,21-/m0/s1. The van der Waals surface area contributed by atoms with Gasteiger partial charge < -0.3 is 10.6 Å². The molecule has 1 unspecified atom stereocenters. The molecule has 0 fully saturated rings. The molecule has 2 amide bonds. The Labute approximate surface area is 222 Å². The third-order valence-corrected chi connectivity index (χ3v) is 7.06. The number of carbonyl (C=O) groups excluding carboxylic acids is 2. The van der Waals surface area contributed by atoms with E-state index >= 15 is 0 Å². The van der Waals surface area contributed by atoms with Gasteiger partial charge in [-0.15, -0.1) is 0 Å². The van der Waals surface area contributed by atoms with Crippen LogP contribution in [0.4, 0.5) is 5.69 Å². The van der Waals surface area contributed by atoms with E-state index in [4.69, 9.17) is 0 Å². The third kappa shape index (κ3) is 5.67. The molecule has 2 N–H and O–H groups in total. The van der Waals surface area contributed by atoms with Crippen LogP contribution in [0.25, 0.3) is 17.2 Å². The Morgan fingerprint density at radius 3 is 2.32 bits per heavy atom. The molecule has 5 rings (SSSR count). The van der Waals surface area contributed by atoms with Crippen LogP contribution in [0.1, 0.15) is 53.4 Å². The largest absolute Gasteiger partial charge is 0.347 e. The first-order valence-electron chi connectivity index (χ1n) is 12.7. The molecule has 2 atom stereocenters. The summed E-state index contributed by atoms with van der Waals surface area (Å²) in [5, 5.41) is 5.91. The number of amides is 2. The van der Waals surface area contributed by atoms with Gasteiger partial charge >= 0.3 is 0 Å². The predicted molar refractivity (Wildman–Crippen MR) is 148 cm³/mol. The van der Waals surface area contributed by atoms with E-state index in [-0.39, 0.29) is 17.7 Å². The fraction of sp³-hybridized carbons (Fsp3) is 0.194. The van der Waals surface area contributed by atoms with Crippen molar-refractivity contribution in [3.8, 4) is 11.1 Å². The van der Waals surface area contributed by atoms with E-state index in [1.807, 2.05) is 24.3 Å². The van der Waals surface area contributed by atoms with E-state index in [9.17, 15) is 9.59 Å². The van der Waals surface area contributed by atoms with Gasteiger partial charge in [0.05, 0.1) is 0 Å². The highest BCUT2D eigenvalue weighted by Crippen LogP contribution is 2.38. The maximum atomic E-state index is 13.2. The summed E-state index contributed by atoms with van der Waals surface area (Å²) in [7, 11) is 0. The molecule has 38 heavy (non-hydrogen) atoms. The van der Waals surface area contributed by atoms with E-state index in [1.165, 1.54) is 5.56 Å². The molecular weight excluding hydrogens is 474 g/mol. The highest BCUT2D eigenvalue weighted by Gasteiger charge is 2.25. The fourth-order valence-corrected chi connectivity index (χ4v) is 4.68. The summed E-state index contributed by atoms with van der Waals surface area (Å²) in [5.74, 6) is 0.239. The molecule has 0 saturated heterocycles. The predicted octanol–water partition coefficient (Wildman–Crippen LogP) is 5.63. The molecule has 0 radical (unpaired) electrons. The summed E-state index contributed by atoms with van der Waals surface area (Å²) >= 11 is 0. The number of rotatable bonds is 6. The fourth-order valence-electron chi connectivity index (χ4n) is 4.68. The Kier molecular flexibility index (Phi) is 7.35. The van der Waals surface area contributed by atoms with Gasteiger partial charge in [0.15, 0.2) is 0 Å². The van der Waals surface area contributed by atoms with Crippen LogP contribution in [0.5, 0.6) is 0 Å². The molecule has 1 aliphatic rings. The van der Waals surface area contributed by atoms with Crippen LogP contribution in [0.3, 0.4) is 0 Å². The summed E-state index contributed by atoms with van der Waals surface area (Å²) in [5.41, 5.74) is 6.84. The SMILES string of the molecule is CC1CC(C(=O)Nc2ccncc2)=Cc2cc(-c3ccnc(C(=O)NCc4ccncc4)c3)ccc2[C@H]1C. The lowest BCUT2D eigenvalue weighted by atomic mass is 9.85. The maximum absolute atomic E-state index is 13.2. The van der Waals surface area contributed by atoms with Gasteiger partial charge in [-0.1, -0.05) is 26.0 Å². The Hall–Kier alpha value is -4.65. The van der Waals surface area contributed by atoms with Crippen LogP contribution in [0.2, 0.25) is 0 Å². The highest BCUT2D eigenvalue weighted by molar-refractivity contribution is 6.07. The van der Waals surface area contributed by atoms with Crippen LogP contribution in [-0.2, 0) is 11.3 Å². The number of carbonyl (C=O) groups is 2. The zero-order valence-electron chi connectivity index (χ0n) is 21.4. The highest BCUT2D eigenvalue weighted by atomic mass is 16.2. The molecule has 0 bridgehead atoms. The van der Waals surface area contributed by atoms with Crippen molar-refractivity contribution in [2.24, 2.45) is 5.92 Å². The van der Waals surface area contributed by atoms with Gasteiger partial charge in [-0.05, 0) is 94.6 Å². The van der Waals surface area contributed by atoms with Crippen molar-refractivity contribution in [2.75, 3.05) is 5.32 Å². The second-order valence-electron chi connectivity index (χ2n) is 9.64. The third-order valence-electron chi connectivity index (χ3n) is 7.06. The quantitative estimate of drug-likeness (QED) is 0.355. The Morgan fingerprint density at radius 2 is 1.55 bits per heavy atom. The van der Waals surface area contributed by atoms with Gasteiger partial charge in [0, 0.05) is 48.8 Å². The van der Waals surface area contributed by atoms with Gasteiger partial charge in [-0.2, -0.15) is 0 Å². The molecule has 4 aromatic rings. The number of pyridine rings is 3. The van der Waals surface area contributed by atoms with E-state index in [1.54, 1.807) is 49.2 Å². The van der Waals surface area contributed by atoms with Gasteiger partial charge in [-0.3, -0.25) is 24.5 Å². The Bertz CT molecular complexity index is 1480. The maximum Gasteiger partial charge on any atom is 0.270 e. The summed E-state index contributed by atoms with van der Waals surface area (Å²) < 4.78 is 0. The van der Waals surface area contributed by atoms with Crippen LogP contribution in [0.15, 0.2) is 91.2 Å². The molecule has 3 heterocycles. The first kappa shape index (κ1) is 25.0. The first-order chi connectivity index (χ1) is 18.5. The zero-order valence-corrected chi connectivity index (χ0v) is 21.4. The second-order valence-corrected chi connectivity index (χ2v) is 9.64. The number of nitrogens with zero attached hydrogens (tertiary/aromatic N) is 3. The van der Waals surface area contributed by atoms with Crippen molar-refractivity contribution >= 4 is 23.6 Å². The Balaban J connectivity index is 1.41. The van der Waals surface area contributed by atoms with Gasteiger partial charge in [0.2, 0.25) is 0 Å². The summed E-state index contributed by atoms with van der Waals surface area (Å²) in [4.78, 5) is 38.2. The zero-order chi connectivity index (χ0) is 26.5. The van der Waals surface area contributed by atoms with Gasteiger partial charge in [-0.25, -0.2) is 0 Å². The molecule has 3 aromatic heterocycles. The van der Waals surface area contributed by atoms with E-state index in [2.05, 4.69) is 57.6 Å². The lowest BCUT2D eigenvalue weighted by Gasteiger charge is -2.20. The average Bonchev–Trinajstić information content (AvgIpc) is 3.08. The number of hydrogen-bond acceptors (Lipinski definition) is 5. The van der Waals surface area contributed by atoms with Crippen LogP contribution in [0, 0.1) is 5.92 Å². The number of anilines is 1.